The van der Waals surface area contributed by atoms with Crippen molar-refractivity contribution >= 4 is 5.97 Å². The summed E-state index contributed by atoms with van der Waals surface area (Å²) >= 11 is 0. The van der Waals surface area contributed by atoms with Crippen LogP contribution < -0.4 is 0 Å². The number of aliphatic hydroxyl groups is 1. The standard InChI is InChI=1S/C16H30O5/c1-6-13(9-14(7-2)16(18)21-8-3)15(17)12(4)10-20-11-19-5/h9,12-13,15,17H,6-8,10-11H2,1-5H3/b14-9+/t12-,13-,15+/m1/s1. The van der Waals surface area contributed by atoms with Crippen molar-refractivity contribution in [3.05, 3.63) is 11.6 Å². The quantitative estimate of drug-likeness (QED) is 0.275. The zero-order valence-electron chi connectivity index (χ0n) is 13.9. The van der Waals surface area contributed by atoms with Crippen molar-refractivity contribution in [3.8, 4) is 0 Å². The summed E-state index contributed by atoms with van der Waals surface area (Å²) < 4.78 is 15.1. The van der Waals surface area contributed by atoms with Crippen LogP contribution in [0.25, 0.3) is 0 Å². The van der Waals surface area contributed by atoms with Gasteiger partial charge in [0.05, 0.1) is 19.3 Å². The highest BCUT2D eigenvalue weighted by molar-refractivity contribution is 5.88. The molecule has 1 N–H and O–H groups in total. The lowest BCUT2D eigenvalue weighted by molar-refractivity contribution is -0.138. The van der Waals surface area contributed by atoms with E-state index in [1.807, 2.05) is 26.8 Å². The van der Waals surface area contributed by atoms with Crippen LogP contribution in [0.3, 0.4) is 0 Å². The van der Waals surface area contributed by atoms with Crippen LogP contribution in [0.5, 0.6) is 0 Å². The molecule has 0 aromatic rings. The lowest BCUT2D eigenvalue weighted by Crippen LogP contribution is -2.30. The average molecular weight is 302 g/mol. The predicted octanol–water partition coefficient (Wildman–Crippen LogP) is 2.53. The Bertz CT molecular complexity index is 314. The zero-order valence-corrected chi connectivity index (χ0v) is 13.9. The van der Waals surface area contributed by atoms with Gasteiger partial charge >= 0.3 is 5.97 Å². The van der Waals surface area contributed by atoms with Crippen LogP contribution in [0.1, 0.15) is 40.5 Å². The van der Waals surface area contributed by atoms with Crippen LogP contribution in [0.2, 0.25) is 0 Å². The van der Waals surface area contributed by atoms with Gasteiger partial charge in [0.2, 0.25) is 0 Å². The van der Waals surface area contributed by atoms with E-state index >= 15 is 0 Å². The molecule has 0 unspecified atom stereocenters. The Morgan fingerprint density at radius 3 is 2.43 bits per heavy atom. The van der Waals surface area contributed by atoms with E-state index in [0.717, 1.165) is 6.42 Å². The van der Waals surface area contributed by atoms with Crippen molar-refractivity contribution in [2.24, 2.45) is 11.8 Å². The van der Waals surface area contributed by atoms with Gasteiger partial charge in [-0.3, -0.25) is 0 Å². The summed E-state index contributed by atoms with van der Waals surface area (Å²) in [6, 6.07) is 0. The third-order valence-electron chi connectivity index (χ3n) is 3.41. The number of carbonyl (C=O) groups excluding carboxylic acids is 1. The van der Waals surface area contributed by atoms with Crippen molar-refractivity contribution in [2.45, 2.75) is 46.6 Å². The molecule has 0 aromatic heterocycles. The summed E-state index contributed by atoms with van der Waals surface area (Å²) in [6.07, 6.45) is 2.62. The highest BCUT2D eigenvalue weighted by atomic mass is 16.7. The van der Waals surface area contributed by atoms with Gasteiger partial charge in [-0.15, -0.1) is 0 Å². The summed E-state index contributed by atoms with van der Waals surface area (Å²) in [5.74, 6) is -0.430. The molecular formula is C16H30O5. The predicted molar refractivity (Wildman–Crippen MR) is 81.8 cm³/mol. The molecule has 0 rings (SSSR count). The van der Waals surface area contributed by atoms with Crippen LogP contribution in [0.4, 0.5) is 0 Å². The second-order valence-corrected chi connectivity index (χ2v) is 5.08. The van der Waals surface area contributed by atoms with Gasteiger partial charge in [-0.2, -0.15) is 0 Å². The van der Waals surface area contributed by atoms with E-state index in [-0.39, 0.29) is 24.6 Å². The number of carbonyl (C=O) groups is 1. The first-order chi connectivity index (χ1) is 10.0. The zero-order chi connectivity index (χ0) is 16.3. The molecule has 5 heteroatoms. The van der Waals surface area contributed by atoms with Crippen LogP contribution >= 0.6 is 0 Å². The summed E-state index contributed by atoms with van der Waals surface area (Å²) in [5, 5.41) is 10.4. The molecule has 0 amide bonds. The summed E-state index contributed by atoms with van der Waals surface area (Å²) in [5.41, 5.74) is 0.618. The Balaban J connectivity index is 4.75. The molecule has 0 radical (unpaired) electrons. The molecule has 21 heavy (non-hydrogen) atoms. The van der Waals surface area contributed by atoms with Crippen molar-refractivity contribution in [2.75, 3.05) is 27.1 Å². The minimum Gasteiger partial charge on any atom is -0.463 e. The van der Waals surface area contributed by atoms with E-state index in [4.69, 9.17) is 14.2 Å². The fraction of sp³-hybridized carbons (Fsp3) is 0.812. The van der Waals surface area contributed by atoms with E-state index in [1.165, 1.54) is 0 Å². The lowest BCUT2D eigenvalue weighted by atomic mass is 9.88. The molecule has 0 bridgehead atoms. The number of esters is 1. The van der Waals surface area contributed by atoms with Gasteiger partial charge < -0.3 is 19.3 Å². The van der Waals surface area contributed by atoms with Crippen LogP contribution in [-0.2, 0) is 19.0 Å². The topological polar surface area (TPSA) is 65.0 Å². The monoisotopic (exact) mass is 302 g/mol. The van der Waals surface area contributed by atoms with Crippen molar-refractivity contribution < 1.29 is 24.1 Å². The number of ether oxygens (including phenoxy) is 3. The molecule has 0 heterocycles. The first-order valence-corrected chi connectivity index (χ1v) is 7.64. The Labute approximate surface area is 128 Å². The molecule has 3 atom stereocenters. The Hall–Kier alpha value is -0.910. The molecule has 0 saturated carbocycles. The Morgan fingerprint density at radius 2 is 1.95 bits per heavy atom. The van der Waals surface area contributed by atoms with Crippen molar-refractivity contribution in [1.29, 1.82) is 0 Å². The van der Waals surface area contributed by atoms with Crippen molar-refractivity contribution in [1.82, 2.24) is 0 Å². The molecule has 124 valence electrons. The molecule has 0 aromatic carbocycles. The fourth-order valence-electron chi connectivity index (χ4n) is 2.11. The highest BCUT2D eigenvalue weighted by Gasteiger charge is 2.23. The number of rotatable bonds is 11. The number of hydrogen-bond donors (Lipinski definition) is 1. The second-order valence-electron chi connectivity index (χ2n) is 5.08. The normalized spacial score (nSPS) is 16.4. The lowest BCUT2D eigenvalue weighted by Gasteiger charge is -2.25. The Kier molecular flexibility index (Phi) is 11.2. The number of methoxy groups -OCH3 is 1. The number of hydrogen-bond acceptors (Lipinski definition) is 5. The third-order valence-corrected chi connectivity index (χ3v) is 3.41. The van der Waals surface area contributed by atoms with Gasteiger partial charge in [0.25, 0.3) is 0 Å². The number of aliphatic hydroxyl groups excluding tert-OH is 1. The molecular weight excluding hydrogens is 272 g/mol. The maximum Gasteiger partial charge on any atom is 0.333 e. The van der Waals surface area contributed by atoms with E-state index < -0.39 is 6.10 Å². The highest BCUT2D eigenvalue weighted by Crippen LogP contribution is 2.21. The molecule has 0 aliphatic heterocycles. The smallest absolute Gasteiger partial charge is 0.333 e. The van der Waals surface area contributed by atoms with Crippen molar-refractivity contribution in [3.63, 3.8) is 0 Å². The molecule has 0 aliphatic rings. The van der Waals surface area contributed by atoms with Gasteiger partial charge in [-0.25, -0.2) is 4.79 Å². The first-order valence-electron chi connectivity index (χ1n) is 7.64. The molecule has 0 saturated heterocycles. The first kappa shape index (κ1) is 20.1. The fourth-order valence-corrected chi connectivity index (χ4v) is 2.11. The van der Waals surface area contributed by atoms with Gasteiger partial charge in [0.1, 0.15) is 6.79 Å². The van der Waals surface area contributed by atoms with Crippen LogP contribution in [0.15, 0.2) is 11.6 Å². The molecule has 0 aliphatic carbocycles. The van der Waals surface area contributed by atoms with E-state index in [9.17, 15) is 9.90 Å². The summed E-state index contributed by atoms with van der Waals surface area (Å²) in [7, 11) is 1.56. The van der Waals surface area contributed by atoms with E-state index in [2.05, 4.69) is 0 Å². The molecule has 0 fully saturated rings. The molecule has 5 nitrogen and oxygen atoms in total. The maximum atomic E-state index is 11.8. The minimum absolute atomic E-state index is 0.0401. The van der Waals surface area contributed by atoms with Gasteiger partial charge in [0, 0.05) is 24.5 Å². The van der Waals surface area contributed by atoms with Crippen LogP contribution in [-0.4, -0.2) is 44.3 Å². The summed E-state index contributed by atoms with van der Waals surface area (Å²) in [4.78, 5) is 11.8. The van der Waals surface area contributed by atoms with Crippen LogP contribution in [0, 0.1) is 11.8 Å². The molecule has 0 spiro atoms. The average Bonchev–Trinajstić information content (AvgIpc) is 2.48. The SMILES string of the molecule is CCOC(=O)/C(=C/[C@@H](CC)[C@@H](O)[C@H](C)COCOC)CC. The Morgan fingerprint density at radius 1 is 1.29 bits per heavy atom. The van der Waals surface area contributed by atoms with Gasteiger partial charge in [-0.1, -0.05) is 26.8 Å². The largest absolute Gasteiger partial charge is 0.463 e. The van der Waals surface area contributed by atoms with Gasteiger partial charge in [0.15, 0.2) is 0 Å². The second kappa shape index (κ2) is 11.7. The van der Waals surface area contributed by atoms with E-state index in [0.29, 0.717) is 25.2 Å². The third kappa shape index (κ3) is 7.60. The maximum absolute atomic E-state index is 11.8. The van der Waals surface area contributed by atoms with Gasteiger partial charge in [-0.05, 0) is 19.8 Å². The van der Waals surface area contributed by atoms with E-state index in [1.54, 1.807) is 14.0 Å². The summed E-state index contributed by atoms with van der Waals surface area (Å²) in [6.45, 7) is 8.60. The minimum atomic E-state index is -0.567.